The Morgan fingerprint density at radius 1 is 1.09 bits per heavy atom. The van der Waals surface area contributed by atoms with Gasteiger partial charge in [0.05, 0.1) is 19.9 Å². The van der Waals surface area contributed by atoms with Crippen molar-refractivity contribution in [1.29, 1.82) is 0 Å². The van der Waals surface area contributed by atoms with Crippen molar-refractivity contribution < 1.29 is 14.3 Å². The van der Waals surface area contributed by atoms with E-state index in [2.05, 4.69) is 5.16 Å². The molecule has 0 fully saturated rings. The highest BCUT2D eigenvalue weighted by Gasteiger charge is 2.06. The van der Waals surface area contributed by atoms with Crippen molar-refractivity contribution in [3.63, 3.8) is 0 Å². The summed E-state index contributed by atoms with van der Waals surface area (Å²) in [5, 5.41) is 5.03. The van der Waals surface area contributed by atoms with Gasteiger partial charge in [0.25, 0.3) is 0 Å². The molecule has 0 aliphatic rings. The van der Waals surface area contributed by atoms with Crippen LogP contribution in [0.3, 0.4) is 0 Å². The Morgan fingerprint density at radius 2 is 1.83 bits per heavy atom. The fraction of sp³-hybridized carbons (Fsp3) is 0.235. The minimum absolute atomic E-state index is 0.198. The smallest absolute Gasteiger partial charge is 0.161 e. The summed E-state index contributed by atoms with van der Waals surface area (Å²) in [6, 6.07) is 10.8. The van der Waals surface area contributed by atoms with Gasteiger partial charge < -0.3 is 14.3 Å². The maximum atomic E-state index is 6.07. The molecule has 0 atom stereocenters. The molecule has 0 unspecified atom stereocenters. The van der Waals surface area contributed by atoms with Crippen molar-refractivity contribution in [1.82, 2.24) is 0 Å². The molecule has 4 nitrogen and oxygen atoms in total. The Bertz CT molecular complexity index is 669. The average Bonchev–Trinajstić information content (AvgIpc) is 2.55. The highest BCUT2D eigenvalue weighted by molar-refractivity contribution is 6.35. The predicted octanol–water partition coefficient (Wildman–Crippen LogP) is 4.95. The molecule has 2 aromatic carbocycles. The van der Waals surface area contributed by atoms with Gasteiger partial charge in [0, 0.05) is 21.2 Å². The first-order valence-electron chi connectivity index (χ1n) is 7.04. The standard InChI is InChI=1S/C17H17Cl2NO3/c1-3-22-16-8-7-12(9-17(16)21-2)10-20-23-11-13-14(18)5-4-6-15(13)19/h4-10H,3,11H2,1-2H3/b20-10-. The van der Waals surface area contributed by atoms with Crippen molar-refractivity contribution in [2.45, 2.75) is 13.5 Å². The fourth-order valence-electron chi connectivity index (χ4n) is 1.91. The van der Waals surface area contributed by atoms with Gasteiger partial charge in [-0.3, -0.25) is 0 Å². The largest absolute Gasteiger partial charge is 0.493 e. The van der Waals surface area contributed by atoms with Gasteiger partial charge in [0.2, 0.25) is 0 Å². The summed E-state index contributed by atoms with van der Waals surface area (Å²) in [7, 11) is 1.59. The van der Waals surface area contributed by atoms with E-state index in [4.69, 9.17) is 37.5 Å². The summed E-state index contributed by atoms with van der Waals surface area (Å²) in [5.41, 5.74) is 1.54. The molecular weight excluding hydrogens is 337 g/mol. The van der Waals surface area contributed by atoms with E-state index in [0.717, 1.165) is 5.56 Å². The van der Waals surface area contributed by atoms with Crippen LogP contribution in [0.5, 0.6) is 11.5 Å². The quantitative estimate of drug-likeness (QED) is 0.522. The number of halogens is 2. The van der Waals surface area contributed by atoms with Crippen LogP contribution in [0.2, 0.25) is 10.0 Å². The van der Waals surface area contributed by atoms with Gasteiger partial charge in [-0.15, -0.1) is 0 Å². The zero-order chi connectivity index (χ0) is 16.7. The Morgan fingerprint density at radius 3 is 2.48 bits per heavy atom. The van der Waals surface area contributed by atoms with Crippen molar-refractivity contribution in [3.8, 4) is 11.5 Å². The lowest BCUT2D eigenvalue weighted by molar-refractivity contribution is 0.132. The fourth-order valence-corrected chi connectivity index (χ4v) is 2.42. The lowest BCUT2D eigenvalue weighted by Gasteiger charge is -2.09. The Kier molecular flexibility index (Phi) is 6.56. The first-order valence-corrected chi connectivity index (χ1v) is 7.80. The molecule has 2 aromatic rings. The van der Waals surface area contributed by atoms with E-state index in [9.17, 15) is 0 Å². The monoisotopic (exact) mass is 353 g/mol. The van der Waals surface area contributed by atoms with Crippen LogP contribution >= 0.6 is 23.2 Å². The third-order valence-corrected chi connectivity index (χ3v) is 3.74. The van der Waals surface area contributed by atoms with Gasteiger partial charge >= 0.3 is 0 Å². The molecule has 0 spiro atoms. The highest BCUT2D eigenvalue weighted by Crippen LogP contribution is 2.27. The predicted molar refractivity (Wildman–Crippen MR) is 93.0 cm³/mol. The maximum Gasteiger partial charge on any atom is 0.161 e. The topological polar surface area (TPSA) is 40.0 Å². The summed E-state index contributed by atoms with van der Waals surface area (Å²) in [5.74, 6) is 1.33. The minimum atomic E-state index is 0.198. The Hall–Kier alpha value is -1.91. The highest BCUT2D eigenvalue weighted by atomic mass is 35.5. The molecule has 0 aliphatic carbocycles. The molecule has 0 saturated carbocycles. The van der Waals surface area contributed by atoms with E-state index >= 15 is 0 Å². The van der Waals surface area contributed by atoms with Crippen LogP contribution in [0.4, 0.5) is 0 Å². The number of oxime groups is 1. The van der Waals surface area contributed by atoms with E-state index in [1.54, 1.807) is 31.5 Å². The average molecular weight is 354 g/mol. The Labute approximate surface area is 145 Å². The van der Waals surface area contributed by atoms with Crippen LogP contribution in [0.25, 0.3) is 0 Å². The van der Waals surface area contributed by atoms with Gasteiger partial charge in [-0.25, -0.2) is 0 Å². The minimum Gasteiger partial charge on any atom is -0.493 e. The number of rotatable bonds is 7. The summed E-state index contributed by atoms with van der Waals surface area (Å²) in [6.45, 7) is 2.69. The van der Waals surface area contributed by atoms with Crippen LogP contribution in [0.1, 0.15) is 18.1 Å². The van der Waals surface area contributed by atoms with E-state index in [1.807, 2.05) is 25.1 Å². The van der Waals surface area contributed by atoms with Crippen molar-refractivity contribution in [3.05, 3.63) is 57.6 Å². The molecule has 0 radical (unpaired) electrons. The second-order valence-corrected chi connectivity index (χ2v) is 5.37. The molecule has 2 rings (SSSR count). The zero-order valence-corrected chi connectivity index (χ0v) is 14.4. The van der Waals surface area contributed by atoms with Gasteiger partial charge in [0.15, 0.2) is 11.5 Å². The molecule has 0 N–H and O–H groups in total. The lowest BCUT2D eigenvalue weighted by atomic mass is 10.2. The first-order chi connectivity index (χ1) is 11.2. The number of benzene rings is 2. The number of hydrogen-bond donors (Lipinski definition) is 0. The molecule has 0 aliphatic heterocycles. The lowest BCUT2D eigenvalue weighted by Crippen LogP contribution is -1.96. The van der Waals surface area contributed by atoms with Crippen LogP contribution in [-0.4, -0.2) is 19.9 Å². The van der Waals surface area contributed by atoms with Crippen LogP contribution in [0.15, 0.2) is 41.6 Å². The zero-order valence-electron chi connectivity index (χ0n) is 12.9. The Balaban J connectivity index is 2.00. The number of hydrogen-bond acceptors (Lipinski definition) is 4. The van der Waals surface area contributed by atoms with Gasteiger partial charge in [-0.1, -0.05) is 34.4 Å². The molecule has 122 valence electrons. The van der Waals surface area contributed by atoms with Crippen molar-refractivity contribution in [2.75, 3.05) is 13.7 Å². The first kappa shape index (κ1) is 17.4. The molecule has 0 bridgehead atoms. The van der Waals surface area contributed by atoms with Crippen LogP contribution in [0, 0.1) is 0 Å². The molecule has 0 amide bonds. The van der Waals surface area contributed by atoms with Crippen molar-refractivity contribution in [2.24, 2.45) is 5.16 Å². The second kappa shape index (κ2) is 8.65. The SMILES string of the molecule is CCOc1ccc(/C=N\OCc2c(Cl)cccc2Cl)cc1OC. The third kappa shape index (κ3) is 4.78. The van der Waals surface area contributed by atoms with Gasteiger partial charge in [0.1, 0.15) is 6.61 Å². The van der Waals surface area contributed by atoms with Gasteiger partial charge in [-0.2, -0.15) is 0 Å². The number of methoxy groups -OCH3 is 1. The van der Waals surface area contributed by atoms with Crippen LogP contribution in [-0.2, 0) is 11.4 Å². The van der Waals surface area contributed by atoms with Crippen LogP contribution < -0.4 is 9.47 Å². The third-order valence-electron chi connectivity index (χ3n) is 3.03. The molecule has 0 saturated heterocycles. The maximum absolute atomic E-state index is 6.07. The number of nitrogens with zero attached hydrogens (tertiary/aromatic N) is 1. The molecular formula is C17H17Cl2NO3. The van der Waals surface area contributed by atoms with E-state index < -0.39 is 0 Å². The molecule has 0 aromatic heterocycles. The van der Waals surface area contributed by atoms with E-state index in [1.165, 1.54) is 0 Å². The molecule has 6 heteroatoms. The van der Waals surface area contributed by atoms with E-state index in [-0.39, 0.29) is 6.61 Å². The summed E-state index contributed by atoms with van der Waals surface area (Å²) < 4.78 is 10.7. The van der Waals surface area contributed by atoms with E-state index in [0.29, 0.717) is 33.7 Å². The molecule has 23 heavy (non-hydrogen) atoms. The second-order valence-electron chi connectivity index (χ2n) is 4.55. The van der Waals surface area contributed by atoms with Crippen molar-refractivity contribution >= 4 is 29.4 Å². The van der Waals surface area contributed by atoms with Gasteiger partial charge in [-0.05, 0) is 37.3 Å². The normalized spacial score (nSPS) is 10.8. The molecule has 0 heterocycles. The summed E-state index contributed by atoms with van der Waals surface area (Å²) in [6.07, 6.45) is 1.59. The summed E-state index contributed by atoms with van der Waals surface area (Å²) >= 11 is 12.1. The number of ether oxygens (including phenoxy) is 2. The summed E-state index contributed by atoms with van der Waals surface area (Å²) in [4.78, 5) is 5.27.